The van der Waals surface area contributed by atoms with E-state index in [0.29, 0.717) is 0 Å². The highest BCUT2D eigenvalue weighted by molar-refractivity contribution is 7.01. The molecule has 3 rings (SSSR count). The molecule has 0 spiro atoms. The Morgan fingerprint density at radius 3 is 2.16 bits per heavy atom. The molecule has 0 nitrogen and oxygen atoms in total. The van der Waals surface area contributed by atoms with E-state index >= 15 is 0 Å². The van der Waals surface area contributed by atoms with Crippen molar-refractivity contribution in [2.45, 2.75) is 88.8 Å². The molecule has 2 fully saturated rings. The SMILES string of the molecule is CCCCC[SiH]1CCC([C@H]2CC[C@H](c3cc[c]([Mg][Cl])cc3)CC2)CC1. The van der Waals surface area contributed by atoms with Gasteiger partial charge in [-0.3, -0.25) is 0 Å². The second-order valence-corrected chi connectivity index (χ2v) is 14.1. The van der Waals surface area contributed by atoms with Gasteiger partial charge in [0.1, 0.15) is 0 Å². The Morgan fingerprint density at radius 1 is 0.920 bits per heavy atom. The smallest absolute Gasteiger partial charge is 0.336 e. The Balaban J connectivity index is 1.40. The number of halogens is 1. The van der Waals surface area contributed by atoms with Crippen molar-refractivity contribution in [3.05, 3.63) is 29.8 Å². The molecule has 136 valence electrons. The van der Waals surface area contributed by atoms with Crippen molar-refractivity contribution in [2.24, 2.45) is 11.8 Å². The quantitative estimate of drug-likeness (QED) is 0.382. The molecular weight excluding hydrogens is 352 g/mol. The van der Waals surface area contributed by atoms with Gasteiger partial charge >= 0.3 is 19.3 Å². The maximum Gasteiger partial charge on any atom is 0.538 e. The summed E-state index contributed by atoms with van der Waals surface area (Å²) >= 11 is -0.511. The minimum atomic E-state index is -0.511. The van der Waals surface area contributed by atoms with Gasteiger partial charge in [0.15, 0.2) is 0 Å². The number of rotatable bonds is 7. The monoisotopic (exact) mass is 386 g/mol. The summed E-state index contributed by atoms with van der Waals surface area (Å²) in [5.41, 5.74) is 1.58. The number of hydrogen-bond acceptors (Lipinski definition) is 0. The van der Waals surface area contributed by atoms with Gasteiger partial charge in [0.2, 0.25) is 0 Å². The van der Waals surface area contributed by atoms with Crippen molar-refractivity contribution in [1.29, 1.82) is 0 Å². The molecule has 2 aliphatic rings. The molecule has 1 saturated heterocycles. The summed E-state index contributed by atoms with van der Waals surface area (Å²) in [6.45, 7) is 2.34. The van der Waals surface area contributed by atoms with Gasteiger partial charge in [-0.05, 0) is 49.0 Å². The first-order valence-electron chi connectivity index (χ1n) is 10.9. The largest absolute Gasteiger partial charge is 0.538 e. The Labute approximate surface area is 170 Å². The Kier molecular flexibility index (Phi) is 8.68. The van der Waals surface area contributed by atoms with Crippen LogP contribution in [0.1, 0.15) is 76.2 Å². The summed E-state index contributed by atoms with van der Waals surface area (Å²) in [5.74, 6) is 2.96. The minimum absolute atomic E-state index is 0.328. The summed E-state index contributed by atoms with van der Waals surface area (Å²) in [4.78, 5) is 0. The number of hydrogen-bond donors (Lipinski definition) is 0. The molecule has 0 N–H and O–H groups in total. The van der Waals surface area contributed by atoms with E-state index in [1.807, 2.05) is 0 Å². The molecule has 3 heteroatoms. The van der Waals surface area contributed by atoms with Crippen LogP contribution in [0.5, 0.6) is 0 Å². The van der Waals surface area contributed by atoms with Crippen LogP contribution in [-0.4, -0.2) is 28.1 Å². The average molecular weight is 387 g/mol. The highest BCUT2D eigenvalue weighted by Crippen LogP contribution is 2.43. The van der Waals surface area contributed by atoms with Crippen molar-refractivity contribution in [1.82, 2.24) is 0 Å². The van der Waals surface area contributed by atoms with Gasteiger partial charge in [-0.1, -0.05) is 81.4 Å². The Bertz CT molecular complexity index is 487. The molecule has 0 atom stereocenters. The lowest BCUT2D eigenvalue weighted by Crippen LogP contribution is -2.28. The van der Waals surface area contributed by atoms with E-state index in [1.54, 1.807) is 36.5 Å². The fraction of sp³-hybridized carbons (Fsp3) is 0.727. The Hall–Kier alpha value is 0.493. The fourth-order valence-electron chi connectivity index (χ4n) is 5.43. The van der Waals surface area contributed by atoms with E-state index in [1.165, 1.54) is 48.6 Å². The topological polar surface area (TPSA) is 0 Å². The minimum Gasteiger partial charge on any atom is -0.336 e. The molecule has 1 heterocycles. The van der Waals surface area contributed by atoms with Gasteiger partial charge < -0.3 is 9.07 Å². The molecular formula is C22H35ClMgSi. The van der Waals surface area contributed by atoms with Crippen molar-refractivity contribution in [2.75, 3.05) is 0 Å². The molecule has 0 bridgehead atoms. The first-order chi connectivity index (χ1) is 12.3. The molecule has 1 aromatic rings. The standard InChI is InChI=1S/C22H35Si.ClH.Mg/c1-2-3-7-16-23-17-14-22(15-18-23)21-12-10-20(11-13-21)19-8-5-4-6-9-19;;/h5-6,8-9,20-23H,2-3,7,10-18H2,1H3;1H;/q;;+1/p-1/t20-,21-,22?,23?;;. The molecule has 1 aromatic carbocycles. The van der Waals surface area contributed by atoms with Crippen LogP contribution in [0.4, 0.5) is 0 Å². The van der Waals surface area contributed by atoms with E-state index in [9.17, 15) is 0 Å². The van der Waals surface area contributed by atoms with Gasteiger partial charge in [-0.25, -0.2) is 0 Å². The third-order valence-corrected chi connectivity index (χ3v) is 12.4. The summed E-state index contributed by atoms with van der Waals surface area (Å²) in [6.07, 6.45) is 13.4. The van der Waals surface area contributed by atoms with Crippen LogP contribution in [0, 0.1) is 11.8 Å². The molecule has 1 aliphatic carbocycles. The van der Waals surface area contributed by atoms with E-state index in [2.05, 4.69) is 31.2 Å². The van der Waals surface area contributed by atoms with Crippen LogP contribution in [0.15, 0.2) is 24.3 Å². The first kappa shape index (κ1) is 20.2. The molecule has 1 saturated carbocycles. The molecule has 25 heavy (non-hydrogen) atoms. The average Bonchev–Trinajstić information content (AvgIpc) is 2.69. The fourth-order valence-corrected chi connectivity index (χ4v) is 9.91. The molecule has 0 amide bonds. The van der Waals surface area contributed by atoms with Crippen molar-refractivity contribution in [3.63, 3.8) is 0 Å². The second kappa shape index (κ2) is 10.7. The van der Waals surface area contributed by atoms with E-state index < -0.39 is 19.3 Å². The van der Waals surface area contributed by atoms with E-state index in [4.69, 9.17) is 9.07 Å². The lowest BCUT2D eigenvalue weighted by Gasteiger charge is -2.37. The third kappa shape index (κ3) is 5.99. The third-order valence-electron chi connectivity index (χ3n) is 7.15. The van der Waals surface area contributed by atoms with Crippen LogP contribution >= 0.6 is 9.07 Å². The Morgan fingerprint density at radius 2 is 1.56 bits per heavy atom. The summed E-state index contributed by atoms with van der Waals surface area (Å²) in [5, 5.41) is 0. The highest BCUT2D eigenvalue weighted by Gasteiger charge is 2.31. The number of benzene rings is 1. The van der Waals surface area contributed by atoms with Crippen LogP contribution in [-0.2, 0) is 0 Å². The summed E-state index contributed by atoms with van der Waals surface area (Å²) in [6, 6.07) is 14.3. The number of unbranched alkanes of at least 4 members (excludes halogenated alkanes) is 2. The lowest BCUT2D eigenvalue weighted by atomic mass is 9.72. The van der Waals surface area contributed by atoms with Gasteiger partial charge in [-0.2, -0.15) is 0 Å². The van der Waals surface area contributed by atoms with Crippen molar-refractivity contribution >= 4 is 40.8 Å². The predicted molar refractivity (Wildman–Crippen MR) is 116 cm³/mol. The van der Waals surface area contributed by atoms with E-state index in [0.717, 1.165) is 17.8 Å². The molecule has 1 aliphatic heterocycles. The highest BCUT2D eigenvalue weighted by atomic mass is 35.5. The molecule has 0 unspecified atom stereocenters. The summed E-state index contributed by atoms with van der Waals surface area (Å²) in [7, 11) is 5.73. The molecule has 0 radical (unpaired) electrons. The van der Waals surface area contributed by atoms with Crippen molar-refractivity contribution in [3.8, 4) is 0 Å². The second-order valence-electron chi connectivity index (χ2n) is 8.76. The van der Waals surface area contributed by atoms with Crippen LogP contribution in [0.2, 0.25) is 18.1 Å². The first-order valence-corrected chi connectivity index (χ1v) is 16.2. The lowest BCUT2D eigenvalue weighted by molar-refractivity contribution is 0.216. The van der Waals surface area contributed by atoms with E-state index in [-0.39, 0.29) is 8.80 Å². The normalized spacial score (nSPS) is 30.0. The maximum atomic E-state index is 6.06. The van der Waals surface area contributed by atoms with Gasteiger partial charge in [-0.15, -0.1) is 3.69 Å². The van der Waals surface area contributed by atoms with Crippen LogP contribution in [0.25, 0.3) is 0 Å². The van der Waals surface area contributed by atoms with Gasteiger partial charge in [0, 0.05) is 8.80 Å². The zero-order valence-electron chi connectivity index (χ0n) is 16.2. The van der Waals surface area contributed by atoms with Crippen LogP contribution in [0.3, 0.4) is 0 Å². The maximum absolute atomic E-state index is 6.06. The van der Waals surface area contributed by atoms with Crippen LogP contribution < -0.4 is 3.69 Å². The molecule has 0 aromatic heterocycles. The van der Waals surface area contributed by atoms with Crippen molar-refractivity contribution < 1.29 is 0 Å². The zero-order valence-corrected chi connectivity index (χ0v) is 19.5. The zero-order chi connectivity index (χ0) is 17.5. The predicted octanol–water partition coefficient (Wildman–Crippen LogP) is 6.27. The van der Waals surface area contributed by atoms with Gasteiger partial charge in [0.25, 0.3) is 0 Å². The summed E-state index contributed by atoms with van der Waals surface area (Å²) < 4.78 is 1.39. The van der Waals surface area contributed by atoms with Gasteiger partial charge in [0.05, 0.1) is 0 Å².